The van der Waals surface area contributed by atoms with Crippen molar-refractivity contribution in [3.63, 3.8) is 0 Å². The number of amides is 1. The monoisotopic (exact) mass is 230 g/mol. The Bertz CT molecular complexity index is 316. The standard InChI is InChI=1S/C9H14N2O3S/c1-5-11(6(4-15-5)7(12)13)8(14)9(10)2-3-9/h5-6H,2-4,10H2,1H3,(H,12,13). The van der Waals surface area contributed by atoms with E-state index in [1.807, 2.05) is 6.92 Å². The summed E-state index contributed by atoms with van der Waals surface area (Å²) in [5.41, 5.74) is 5.03. The van der Waals surface area contributed by atoms with E-state index in [2.05, 4.69) is 0 Å². The van der Waals surface area contributed by atoms with Crippen molar-refractivity contribution >= 4 is 23.6 Å². The summed E-state index contributed by atoms with van der Waals surface area (Å²) >= 11 is 1.48. The van der Waals surface area contributed by atoms with Crippen LogP contribution in [0.3, 0.4) is 0 Å². The molecule has 0 aromatic heterocycles. The van der Waals surface area contributed by atoms with Crippen molar-refractivity contribution in [3.8, 4) is 0 Å². The predicted molar refractivity (Wildman–Crippen MR) is 56.3 cm³/mol. The Labute approximate surface area is 92.0 Å². The average Bonchev–Trinajstić information content (AvgIpc) is 2.78. The molecule has 1 saturated carbocycles. The molecular formula is C9H14N2O3S. The van der Waals surface area contributed by atoms with E-state index in [4.69, 9.17) is 10.8 Å². The Morgan fingerprint density at radius 3 is 2.60 bits per heavy atom. The van der Waals surface area contributed by atoms with Crippen molar-refractivity contribution in [2.75, 3.05) is 5.75 Å². The van der Waals surface area contributed by atoms with Crippen molar-refractivity contribution < 1.29 is 14.7 Å². The average molecular weight is 230 g/mol. The van der Waals surface area contributed by atoms with Crippen LogP contribution in [0.4, 0.5) is 0 Å². The van der Waals surface area contributed by atoms with E-state index in [0.29, 0.717) is 18.6 Å². The van der Waals surface area contributed by atoms with E-state index in [1.165, 1.54) is 16.7 Å². The minimum absolute atomic E-state index is 0.0837. The van der Waals surface area contributed by atoms with Crippen LogP contribution >= 0.6 is 11.8 Å². The number of nitrogens with zero attached hydrogens (tertiary/aromatic N) is 1. The molecule has 1 aliphatic heterocycles. The maximum Gasteiger partial charge on any atom is 0.327 e. The lowest BCUT2D eigenvalue weighted by molar-refractivity contribution is -0.149. The second-order valence-electron chi connectivity index (χ2n) is 4.16. The van der Waals surface area contributed by atoms with Gasteiger partial charge in [0.1, 0.15) is 6.04 Å². The van der Waals surface area contributed by atoms with Gasteiger partial charge in [0.15, 0.2) is 0 Å². The number of thioether (sulfide) groups is 1. The fourth-order valence-electron chi connectivity index (χ4n) is 1.75. The van der Waals surface area contributed by atoms with Crippen LogP contribution in [0.2, 0.25) is 0 Å². The molecule has 2 atom stereocenters. The Balaban J connectivity index is 2.17. The number of aliphatic carboxylic acids is 1. The maximum absolute atomic E-state index is 12.0. The summed E-state index contributed by atoms with van der Waals surface area (Å²) in [6, 6.07) is -0.710. The predicted octanol–water partition coefficient (Wildman–Crippen LogP) is -0.148. The van der Waals surface area contributed by atoms with Gasteiger partial charge in [0.25, 0.3) is 0 Å². The molecule has 0 aromatic rings. The molecule has 0 spiro atoms. The zero-order valence-electron chi connectivity index (χ0n) is 8.47. The van der Waals surface area contributed by atoms with Gasteiger partial charge in [-0.15, -0.1) is 11.8 Å². The molecule has 0 aromatic carbocycles. The molecule has 1 saturated heterocycles. The highest BCUT2D eigenvalue weighted by atomic mass is 32.2. The third-order valence-corrected chi connectivity index (χ3v) is 4.17. The van der Waals surface area contributed by atoms with E-state index < -0.39 is 17.6 Å². The molecule has 6 heteroatoms. The first-order chi connectivity index (χ1) is 6.96. The highest BCUT2D eigenvalue weighted by molar-refractivity contribution is 8.00. The number of nitrogens with two attached hydrogens (primary N) is 1. The Morgan fingerprint density at radius 1 is 1.53 bits per heavy atom. The molecule has 2 unspecified atom stereocenters. The van der Waals surface area contributed by atoms with Crippen molar-refractivity contribution in [1.82, 2.24) is 4.90 Å². The SMILES string of the molecule is CC1SCC(C(=O)O)N1C(=O)C1(N)CC1. The summed E-state index contributed by atoms with van der Waals surface area (Å²) in [5.74, 6) is -0.685. The van der Waals surface area contributed by atoms with Crippen LogP contribution in [0.15, 0.2) is 0 Å². The Hall–Kier alpha value is -0.750. The lowest BCUT2D eigenvalue weighted by Gasteiger charge is -2.27. The molecule has 1 amide bonds. The highest BCUT2D eigenvalue weighted by Gasteiger charge is 2.53. The number of hydrogen-bond donors (Lipinski definition) is 2. The van der Waals surface area contributed by atoms with Crippen LogP contribution in [-0.2, 0) is 9.59 Å². The Morgan fingerprint density at radius 2 is 2.13 bits per heavy atom. The lowest BCUT2D eigenvalue weighted by atomic mass is 10.2. The van der Waals surface area contributed by atoms with E-state index in [0.717, 1.165) is 0 Å². The second kappa shape index (κ2) is 3.38. The van der Waals surface area contributed by atoms with Gasteiger partial charge in [-0.1, -0.05) is 0 Å². The topological polar surface area (TPSA) is 83.6 Å². The first-order valence-electron chi connectivity index (χ1n) is 4.92. The van der Waals surface area contributed by atoms with Gasteiger partial charge in [-0.05, 0) is 19.8 Å². The van der Waals surface area contributed by atoms with E-state index in [-0.39, 0.29) is 11.3 Å². The molecule has 2 rings (SSSR count). The van der Waals surface area contributed by atoms with Gasteiger partial charge in [-0.25, -0.2) is 4.79 Å². The lowest BCUT2D eigenvalue weighted by Crippen LogP contribution is -2.52. The summed E-state index contributed by atoms with van der Waals surface area (Å²) in [7, 11) is 0. The number of carbonyl (C=O) groups is 2. The van der Waals surface area contributed by atoms with Crippen molar-refractivity contribution in [3.05, 3.63) is 0 Å². The molecule has 5 nitrogen and oxygen atoms in total. The first kappa shape index (κ1) is 10.8. The first-order valence-corrected chi connectivity index (χ1v) is 5.97. The number of carboxylic acid groups (broad SMARTS) is 1. The van der Waals surface area contributed by atoms with Gasteiger partial charge in [0, 0.05) is 5.75 Å². The third kappa shape index (κ3) is 1.72. The zero-order chi connectivity index (χ0) is 11.2. The largest absolute Gasteiger partial charge is 0.480 e. The number of carboxylic acids is 1. The molecule has 3 N–H and O–H groups in total. The van der Waals surface area contributed by atoms with Gasteiger partial charge in [0.2, 0.25) is 5.91 Å². The number of carbonyl (C=O) groups excluding carboxylic acids is 1. The number of rotatable bonds is 2. The smallest absolute Gasteiger partial charge is 0.327 e. The van der Waals surface area contributed by atoms with Crippen LogP contribution < -0.4 is 5.73 Å². The van der Waals surface area contributed by atoms with Crippen molar-refractivity contribution in [2.24, 2.45) is 5.73 Å². The summed E-state index contributed by atoms with van der Waals surface area (Å²) < 4.78 is 0. The van der Waals surface area contributed by atoms with E-state index >= 15 is 0 Å². The van der Waals surface area contributed by atoms with Crippen LogP contribution in [0.25, 0.3) is 0 Å². The molecule has 84 valence electrons. The molecular weight excluding hydrogens is 216 g/mol. The summed E-state index contributed by atoms with van der Waals surface area (Å²) in [6.45, 7) is 1.84. The maximum atomic E-state index is 12.0. The quantitative estimate of drug-likeness (QED) is 0.689. The minimum Gasteiger partial charge on any atom is -0.480 e. The van der Waals surface area contributed by atoms with Crippen LogP contribution in [0.1, 0.15) is 19.8 Å². The highest BCUT2D eigenvalue weighted by Crippen LogP contribution is 2.39. The Kier molecular flexibility index (Phi) is 2.42. The van der Waals surface area contributed by atoms with Crippen molar-refractivity contribution in [1.29, 1.82) is 0 Å². The summed E-state index contributed by atoms with van der Waals surface area (Å²) in [5, 5.41) is 8.90. The molecule has 2 aliphatic rings. The molecule has 15 heavy (non-hydrogen) atoms. The molecule has 2 fully saturated rings. The number of hydrogen-bond acceptors (Lipinski definition) is 4. The van der Waals surface area contributed by atoms with Crippen LogP contribution in [0.5, 0.6) is 0 Å². The van der Waals surface area contributed by atoms with Gasteiger partial charge in [-0.3, -0.25) is 4.79 Å². The van der Waals surface area contributed by atoms with E-state index in [9.17, 15) is 9.59 Å². The fourth-order valence-corrected chi connectivity index (χ4v) is 2.91. The molecule has 1 aliphatic carbocycles. The van der Waals surface area contributed by atoms with E-state index in [1.54, 1.807) is 0 Å². The minimum atomic E-state index is -0.940. The van der Waals surface area contributed by atoms with Crippen LogP contribution in [-0.4, -0.2) is 44.6 Å². The molecule has 0 bridgehead atoms. The molecule has 0 radical (unpaired) electrons. The van der Waals surface area contributed by atoms with Gasteiger partial charge >= 0.3 is 5.97 Å². The van der Waals surface area contributed by atoms with Gasteiger partial charge < -0.3 is 15.7 Å². The third-order valence-electron chi connectivity index (χ3n) is 2.96. The van der Waals surface area contributed by atoms with Gasteiger partial charge in [-0.2, -0.15) is 0 Å². The summed E-state index contributed by atoms with van der Waals surface area (Å²) in [4.78, 5) is 24.4. The normalized spacial score (nSPS) is 32.8. The fraction of sp³-hybridized carbons (Fsp3) is 0.778. The summed E-state index contributed by atoms with van der Waals surface area (Å²) in [6.07, 6.45) is 1.35. The van der Waals surface area contributed by atoms with Gasteiger partial charge in [0.05, 0.1) is 10.9 Å². The second-order valence-corrected chi connectivity index (χ2v) is 5.50. The molecule has 1 heterocycles. The van der Waals surface area contributed by atoms with Crippen LogP contribution in [0, 0.1) is 0 Å². The van der Waals surface area contributed by atoms with Crippen molar-refractivity contribution in [2.45, 2.75) is 36.7 Å². The zero-order valence-corrected chi connectivity index (χ0v) is 9.29.